The number of fused-ring (bicyclic) bond motifs is 2. The van der Waals surface area contributed by atoms with Gasteiger partial charge < -0.3 is 24.8 Å². The predicted octanol–water partition coefficient (Wildman–Crippen LogP) is 3.52. The van der Waals surface area contributed by atoms with Crippen molar-refractivity contribution in [1.82, 2.24) is 4.98 Å². The molecule has 3 N–H and O–H groups in total. The van der Waals surface area contributed by atoms with E-state index in [0.29, 0.717) is 29.0 Å². The molecule has 0 bridgehead atoms. The molecule has 2 aliphatic heterocycles. The monoisotopic (exact) mass is 535 g/mol. The summed E-state index contributed by atoms with van der Waals surface area (Å²) in [6.07, 6.45) is 1.13. The predicted molar refractivity (Wildman–Crippen MR) is 139 cm³/mol. The molecule has 9 atom stereocenters. The number of aliphatic hydroxyl groups is 3. The molecule has 0 radical (unpaired) electrons. The Bertz CT molecular complexity index is 1050. The molecule has 1 aromatic rings. The van der Waals surface area contributed by atoms with Gasteiger partial charge in [-0.15, -0.1) is 11.3 Å². The van der Waals surface area contributed by atoms with Crippen molar-refractivity contribution in [2.24, 2.45) is 29.1 Å². The number of Topliss-reactive ketones (excluding diaryl/α,β-unsaturated/α-hetero) is 1. The van der Waals surface area contributed by atoms with Crippen LogP contribution in [0.5, 0.6) is 0 Å². The van der Waals surface area contributed by atoms with Gasteiger partial charge in [0, 0.05) is 17.7 Å². The number of ether oxygens (including phenoxy) is 2. The number of nitrogens with zero attached hydrogens (tertiary/aromatic N) is 1. The Hall–Kier alpha value is -1.65. The van der Waals surface area contributed by atoms with E-state index in [4.69, 9.17) is 9.47 Å². The highest BCUT2D eigenvalue weighted by atomic mass is 32.1. The number of aliphatic hydroxyl groups excluding tert-OH is 3. The molecule has 1 aromatic heterocycles. The van der Waals surface area contributed by atoms with Crippen LogP contribution in [0.15, 0.2) is 11.0 Å². The van der Waals surface area contributed by atoms with Crippen LogP contribution in [0.2, 0.25) is 0 Å². The van der Waals surface area contributed by atoms with Crippen LogP contribution in [0.4, 0.5) is 0 Å². The molecule has 0 spiro atoms. The molecule has 206 valence electrons. The van der Waals surface area contributed by atoms with Crippen molar-refractivity contribution in [1.29, 1.82) is 0 Å². The lowest BCUT2D eigenvalue weighted by atomic mass is 9.72. The molecule has 0 amide bonds. The third-order valence-corrected chi connectivity index (χ3v) is 9.79. The van der Waals surface area contributed by atoms with Crippen LogP contribution in [-0.2, 0) is 25.7 Å². The molecule has 4 rings (SSSR count). The number of hydrogen-bond acceptors (Lipinski definition) is 9. The second-order valence-electron chi connectivity index (χ2n) is 12.2. The minimum Gasteiger partial charge on any atom is -0.458 e. The molecule has 9 heteroatoms. The Morgan fingerprint density at radius 2 is 1.92 bits per heavy atom. The summed E-state index contributed by atoms with van der Waals surface area (Å²) in [4.78, 5) is 30.7. The zero-order valence-electron chi connectivity index (χ0n) is 22.6. The second kappa shape index (κ2) is 10.5. The van der Waals surface area contributed by atoms with E-state index < -0.39 is 35.6 Å². The minimum atomic E-state index is -1.25. The molecular formula is C28H41NO7S. The lowest BCUT2D eigenvalue weighted by Crippen LogP contribution is -2.46. The lowest BCUT2D eigenvalue weighted by Gasteiger charge is -2.34. The van der Waals surface area contributed by atoms with Crippen molar-refractivity contribution < 1.29 is 34.4 Å². The maximum absolute atomic E-state index is 13.3. The van der Waals surface area contributed by atoms with Crippen LogP contribution in [0.3, 0.4) is 0 Å². The van der Waals surface area contributed by atoms with Gasteiger partial charge in [-0.2, -0.15) is 0 Å². The summed E-state index contributed by atoms with van der Waals surface area (Å²) >= 11 is 1.36. The molecule has 3 heterocycles. The zero-order valence-corrected chi connectivity index (χ0v) is 23.5. The maximum Gasteiger partial charge on any atom is 0.309 e. The zero-order chi connectivity index (χ0) is 27.3. The van der Waals surface area contributed by atoms with Gasteiger partial charge in [0.25, 0.3) is 0 Å². The van der Waals surface area contributed by atoms with Crippen molar-refractivity contribution >= 4 is 29.2 Å². The van der Waals surface area contributed by atoms with E-state index in [0.717, 1.165) is 18.4 Å². The Morgan fingerprint density at radius 3 is 2.57 bits per heavy atom. The number of carbonyl (C=O) groups excluding carboxylic acids is 2. The van der Waals surface area contributed by atoms with Crippen LogP contribution in [-0.4, -0.2) is 62.1 Å². The van der Waals surface area contributed by atoms with E-state index in [1.165, 1.54) is 11.3 Å². The van der Waals surface area contributed by atoms with Crippen molar-refractivity contribution in [3.63, 3.8) is 0 Å². The maximum atomic E-state index is 13.3. The van der Waals surface area contributed by atoms with E-state index in [9.17, 15) is 24.9 Å². The van der Waals surface area contributed by atoms with E-state index in [1.54, 1.807) is 20.8 Å². The molecule has 3 fully saturated rings. The largest absolute Gasteiger partial charge is 0.458 e. The fourth-order valence-electron chi connectivity index (χ4n) is 5.98. The number of hydrogen-bond donors (Lipinski definition) is 3. The van der Waals surface area contributed by atoms with Crippen LogP contribution < -0.4 is 0 Å². The van der Waals surface area contributed by atoms with Gasteiger partial charge in [0.15, 0.2) is 0 Å². The van der Waals surface area contributed by atoms with Crippen LogP contribution in [0, 0.1) is 29.1 Å². The molecule has 2 saturated heterocycles. The Labute approximate surface area is 223 Å². The fourth-order valence-corrected chi connectivity index (χ4v) is 6.59. The molecule has 1 saturated carbocycles. The first-order chi connectivity index (χ1) is 17.3. The second-order valence-corrected chi connectivity index (χ2v) is 13.1. The summed E-state index contributed by atoms with van der Waals surface area (Å²) in [5, 5.41) is 33.7. The van der Waals surface area contributed by atoms with Crippen molar-refractivity contribution in [2.45, 2.75) is 104 Å². The van der Waals surface area contributed by atoms with Gasteiger partial charge in [0.05, 0.1) is 48.0 Å². The number of thiazole rings is 1. The van der Waals surface area contributed by atoms with E-state index in [1.807, 2.05) is 25.3 Å². The highest BCUT2D eigenvalue weighted by Crippen LogP contribution is 2.56. The lowest BCUT2D eigenvalue weighted by molar-refractivity contribution is -0.154. The van der Waals surface area contributed by atoms with Crippen LogP contribution >= 0.6 is 11.3 Å². The molecule has 0 aromatic carbocycles. The molecule has 4 unspecified atom stereocenters. The van der Waals surface area contributed by atoms with Gasteiger partial charge in [-0.05, 0) is 56.1 Å². The number of esters is 1. The van der Waals surface area contributed by atoms with Crippen LogP contribution in [0.25, 0.3) is 6.08 Å². The highest BCUT2D eigenvalue weighted by molar-refractivity contribution is 7.09. The van der Waals surface area contributed by atoms with Crippen molar-refractivity contribution in [3.8, 4) is 0 Å². The van der Waals surface area contributed by atoms with Gasteiger partial charge in [-0.3, -0.25) is 9.59 Å². The number of aromatic nitrogens is 1. The summed E-state index contributed by atoms with van der Waals surface area (Å²) in [5.74, 6) is -0.823. The Morgan fingerprint density at radius 1 is 1.22 bits per heavy atom. The number of ketones is 1. The van der Waals surface area contributed by atoms with Crippen molar-refractivity contribution in [2.75, 3.05) is 0 Å². The summed E-state index contributed by atoms with van der Waals surface area (Å²) in [5.41, 5.74) is -0.0661. The SMILES string of the molecule is CC(=Cc1csc(CO)n1)[C@@H]1CC2OC2(C)CC2CC2[C@H](C)[C@H](O)[C@@H](C)C(=O)C(C)(C)[C@@H](O)CC(=O)O1. The van der Waals surface area contributed by atoms with Crippen molar-refractivity contribution in [3.05, 3.63) is 21.7 Å². The van der Waals surface area contributed by atoms with E-state index >= 15 is 0 Å². The fraction of sp³-hybridized carbons (Fsp3) is 0.750. The number of epoxide rings is 1. The third-order valence-electron chi connectivity index (χ3n) is 8.94. The third kappa shape index (κ3) is 6.01. The van der Waals surface area contributed by atoms with Gasteiger partial charge in [-0.1, -0.05) is 27.7 Å². The Balaban J connectivity index is 1.59. The highest BCUT2D eigenvalue weighted by Gasteiger charge is 2.58. The average molecular weight is 536 g/mol. The summed E-state index contributed by atoms with van der Waals surface area (Å²) < 4.78 is 12.0. The smallest absolute Gasteiger partial charge is 0.309 e. The van der Waals surface area contributed by atoms with Gasteiger partial charge in [0.1, 0.15) is 16.9 Å². The first kappa shape index (κ1) is 28.4. The summed E-state index contributed by atoms with van der Waals surface area (Å²) in [6.45, 7) is 10.8. The minimum absolute atomic E-state index is 0.0459. The quantitative estimate of drug-likeness (QED) is 0.396. The number of rotatable bonds is 3. The normalized spacial score (nSPS) is 40.9. The molecule has 8 nitrogen and oxygen atoms in total. The number of carbonyl (C=O) groups is 2. The Kier molecular flexibility index (Phi) is 8.04. The number of cyclic esters (lactones) is 1. The van der Waals surface area contributed by atoms with Gasteiger partial charge in [-0.25, -0.2) is 4.98 Å². The van der Waals surface area contributed by atoms with E-state index in [-0.39, 0.29) is 36.4 Å². The summed E-state index contributed by atoms with van der Waals surface area (Å²) in [6, 6.07) is 0. The molecular weight excluding hydrogens is 494 g/mol. The molecule has 3 aliphatic rings. The van der Waals surface area contributed by atoms with Crippen LogP contribution in [0.1, 0.15) is 77.9 Å². The van der Waals surface area contributed by atoms with Gasteiger partial charge in [0.2, 0.25) is 0 Å². The standard InChI is InChI=1S/C28H41NO7S/c1-14(7-18-13-37-23(12-30)29-18)20-9-22-28(6,36-22)11-17-8-19(17)15(2)25(33)16(3)26(34)27(4,5)21(31)10-24(32)35-20/h7,13,15-17,19-22,25,30-31,33H,8-12H2,1-6H3/t15-,16+,17?,19?,20-,21-,22?,25-,28?/m0/s1. The summed E-state index contributed by atoms with van der Waals surface area (Å²) in [7, 11) is 0. The molecule has 1 aliphatic carbocycles. The first-order valence-corrected chi connectivity index (χ1v) is 14.2. The average Bonchev–Trinajstić information content (AvgIpc) is 3.68. The van der Waals surface area contributed by atoms with Gasteiger partial charge >= 0.3 is 5.97 Å². The topological polar surface area (TPSA) is 129 Å². The van der Waals surface area contributed by atoms with E-state index in [2.05, 4.69) is 11.9 Å². The molecule has 37 heavy (non-hydrogen) atoms. The first-order valence-electron chi connectivity index (χ1n) is 13.3.